The second kappa shape index (κ2) is 5.52. The molecule has 0 aliphatic heterocycles. The minimum Gasteiger partial charge on any atom is -0.505 e. The number of hydrogen-bond acceptors (Lipinski definition) is 5. The summed E-state index contributed by atoms with van der Waals surface area (Å²) in [7, 11) is 1.14. The number of benzene rings is 1. The summed E-state index contributed by atoms with van der Waals surface area (Å²) in [6, 6.07) is 5.26. The fourth-order valence-corrected chi connectivity index (χ4v) is 1.78. The molecule has 0 radical (unpaired) electrons. The first-order chi connectivity index (χ1) is 9.43. The Balaban J connectivity index is 2.64. The van der Waals surface area contributed by atoms with Crippen molar-refractivity contribution in [3.8, 4) is 11.4 Å². The SMILES string of the molecule is COC(=O)c1nn(-c2ccc(Cl)c(Cl)c2)c(=O)cc1O. The number of halogens is 2. The van der Waals surface area contributed by atoms with Crippen molar-refractivity contribution in [1.82, 2.24) is 9.78 Å². The lowest BCUT2D eigenvalue weighted by atomic mass is 10.3. The van der Waals surface area contributed by atoms with Crippen LogP contribution in [-0.2, 0) is 4.74 Å². The molecule has 0 unspecified atom stereocenters. The lowest BCUT2D eigenvalue weighted by molar-refractivity contribution is 0.0588. The Hall–Kier alpha value is -2.05. The van der Waals surface area contributed by atoms with Crippen molar-refractivity contribution < 1.29 is 14.6 Å². The van der Waals surface area contributed by atoms with Crippen LogP contribution in [0.25, 0.3) is 5.69 Å². The highest BCUT2D eigenvalue weighted by Crippen LogP contribution is 2.24. The van der Waals surface area contributed by atoms with E-state index in [1.54, 1.807) is 0 Å². The molecule has 6 nitrogen and oxygen atoms in total. The highest BCUT2D eigenvalue weighted by Gasteiger charge is 2.17. The van der Waals surface area contributed by atoms with Crippen LogP contribution in [0.3, 0.4) is 0 Å². The fourth-order valence-electron chi connectivity index (χ4n) is 1.49. The van der Waals surface area contributed by atoms with Crippen LogP contribution in [0.4, 0.5) is 0 Å². The summed E-state index contributed by atoms with van der Waals surface area (Å²) in [5.74, 6) is -1.42. The average molecular weight is 315 g/mol. The minimum absolute atomic E-state index is 0.227. The molecule has 8 heteroatoms. The lowest BCUT2D eigenvalue weighted by Crippen LogP contribution is -2.23. The third kappa shape index (κ3) is 2.61. The summed E-state index contributed by atoms with van der Waals surface area (Å²) in [4.78, 5) is 23.3. The minimum atomic E-state index is -0.865. The fraction of sp³-hybridized carbons (Fsp3) is 0.0833. The maximum Gasteiger partial charge on any atom is 0.362 e. The number of hydrogen-bond donors (Lipinski definition) is 1. The number of methoxy groups -OCH3 is 1. The molecule has 0 spiro atoms. The van der Waals surface area contributed by atoms with Crippen molar-refractivity contribution in [2.45, 2.75) is 0 Å². The van der Waals surface area contributed by atoms with Crippen molar-refractivity contribution in [2.75, 3.05) is 7.11 Å². The summed E-state index contributed by atoms with van der Waals surface area (Å²) < 4.78 is 5.38. The molecule has 104 valence electrons. The quantitative estimate of drug-likeness (QED) is 0.858. The number of esters is 1. The van der Waals surface area contributed by atoms with Gasteiger partial charge in [0, 0.05) is 6.07 Å². The molecule has 0 bridgehead atoms. The van der Waals surface area contributed by atoms with E-state index in [4.69, 9.17) is 23.2 Å². The van der Waals surface area contributed by atoms with E-state index in [1.807, 2.05) is 0 Å². The van der Waals surface area contributed by atoms with Gasteiger partial charge in [0.25, 0.3) is 5.56 Å². The van der Waals surface area contributed by atoms with Crippen molar-refractivity contribution in [2.24, 2.45) is 0 Å². The third-order valence-electron chi connectivity index (χ3n) is 2.44. The number of carbonyl (C=O) groups is 1. The molecule has 0 aliphatic rings. The first-order valence-electron chi connectivity index (χ1n) is 5.31. The molecular formula is C12H8Cl2N2O4. The molecule has 1 aromatic heterocycles. The maximum atomic E-state index is 11.8. The Morgan fingerprint density at radius 2 is 2.00 bits per heavy atom. The summed E-state index contributed by atoms with van der Waals surface area (Å²) in [5.41, 5.74) is -0.707. The predicted octanol–water partition coefficient (Wildman–Crippen LogP) is 2.03. The normalized spacial score (nSPS) is 10.3. The van der Waals surface area contributed by atoms with Gasteiger partial charge in [0.2, 0.25) is 5.69 Å². The summed E-state index contributed by atoms with van der Waals surface area (Å²) >= 11 is 11.6. The number of ether oxygens (including phenoxy) is 1. The zero-order chi connectivity index (χ0) is 14.9. The highest BCUT2D eigenvalue weighted by atomic mass is 35.5. The van der Waals surface area contributed by atoms with E-state index in [0.29, 0.717) is 10.7 Å². The van der Waals surface area contributed by atoms with Crippen LogP contribution in [0, 0.1) is 0 Å². The molecule has 0 atom stereocenters. The van der Waals surface area contributed by atoms with Gasteiger partial charge in [-0.05, 0) is 18.2 Å². The van der Waals surface area contributed by atoms with Crippen LogP contribution in [0.5, 0.6) is 5.75 Å². The highest BCUT2D eigenvalue weighted by molar-refractivity contribution is 6.42. The molecule has 0 aliphatic carbocycles. The van der Waals surface area contributed by atoms with Gasteiger partial charge in [-0.25, -0.2) is 4.79 Å². The van der Waals surface area contributed by atoms with Gasteiger partial charge in [-0.3, -0.25) is 4.79 Å². The number of aromatic nitrogens is 2. The van der Waals surface area contributed by atoms with Gasteiger partial charge in [0.05, 0.1) is 22.8 Å². The first-order valence-corrected chi connectivity index (χ1v) is 6.06. The largest absolute Gasteiger partial charge is 0.505 e. The Labute approximate surface area is 123 Å². The van der Waals surface area contributed by atoms with Crippen LogP contribution in [0.2, 0.25) is 10.0 Å². The molecule has 1 N–H and O–H groups in total. The number of aromatic hydroxyl groups is 1. The predicted molar refractivity (Wildman–Crippen MR) is 72.9 cm³/mol. The molecule has 0 fully saturated rings. The maximum absolute atomic E-state index is 11.8. The number of rotatable bonds is 2. The molecule has 2 rings (SSSR count). The Bertz CT molecular complexity index is 743. The average Bonchev–Trinajstić information content (AvgIpc) is 2.41. The Morgan fingerprint density at radius 3 is 2.60 bits per heavy atom. The monoisotopic (exact) mass is 314 g/mol. The molecule has 2 aromatic rings. The van der Waals surface area contributed by atoms with E-state index >= 15 is 0 Å². The van der Waals surface area contributed by atoms with Crippen LogP contribution in [0.15, 0.2) is 29.1 Å². The number of nitrogens with zero attached hydrogens (tertiary/aromatic N) is 2. The van der Waals surface area contributed by atoms with Crippen LogP contribution >= 0.6 is 23.2 Å². The van der Waals surface area contributed by atoms with Gasteiger partial charge >= 0.3 is 5.97 Å². The Morgan fingerprint density at radius 1 is 1.30 bits per heavy atom. The molecule has 0 amide bonds. The molecule has 20 heavy (non-hydrogen) atoms. The topological polar surface area (TPSA) is 81.4 Å². The van der Waals surface area contributed by atoms with E-state index in [-0.39, 0.29) is 10.7 Å². The first kappa shape index (κ1) is 14.4. The van der Waals surface area contributed by atoms with Crippen LogP contribution < -0.4 is 5.56 Å². The second-order valence-electron chi connectivity index (χ2n) is 3.72. The summed E-state index contributed by atoms with van der Waals surface area (Å²) in [6.07, 6.45) is 0. The Kier molecular flexibility index (Phi) is 3.96. The van der Waals surface area contributed by atoms with Gasteiger partial charge in [-0.1, -0.05) is 23.2 Å². The van der Waals surface area contributed by atoms with Crippen molar-refractivity contribution in [3.63, 3.8) is 0 Å². The molecule has 1 heterocycles. The second-order valence-corrected chi connectivity index (χ2v) is 4.53. The molecule has 0 saturated heterocycles. The molecule has 1 aromatic carbocycles. The van der Waals surface area contributed by atoms with E-state index in [9.17, 15) is 14.7 Å². The number of carbonyl (C=O) groups excluding carboxylic acids is 1. The molecule has 0 saturated carbocycles. The third-order valence-corrected chi connectivity index (χ3v) is 3.18. The van der Waals surface area contributed by atoms with Gasteiger partial charge in [0.1, 0.15) is 0 Å². The summed E-state index contributed by atoms with van der Waals surface area (Å²) in [5, 5.41) is 13.8. The van der Waals surface area contributed by atoms with Gasteiger partial charge in [0.15, 0.2) is 5.75 Å². The van der Waals surface area contributed by atoms with Gasteiger partial charge in [-0.2, -0.15) is 9.78 Å². The van der Waals surface area contributed by atoms with Gasteiger partial charge < -0.3 is 9.84 Å². The zero-order valence-electron chi connectivity index (χ0n) is 10.1. The summed E-state index contributed by atoms with van der Waals surface area (Å²) in [6.45, 7) is 0. The standard InChI is InChI=1S/C12H8Cl2N2O4/c1-20-12(19)11-9(17)5-10(18)16(15-11)6-2-3-7(13)8(14)4-6/h2-5,17H,1H3. The van der Waals surface area contributed by atoms with Crippen molar-refractivity contribution >= 4 is 29.2 Å². The lowest BCUT2D eigenvalue weighted by Gasteiger charge is -2.08. The van der Waals surface area contributed by atoms with Crippen molar-refractivity contribution in [3.05, 3.63) is 50.4 Å². The molecular weight excluding hydrogens is 307 g/mol. The smallest absolute Gasteiger partial charge is 0.362 e. The van der Waals surface area contributed by atoms with Crippen LogP contribution in [0.1, 0.15) is 10.5 Å². The van der Waals surface area contributed by atoms with E-state index in [2.05, 4.69) is 9.84 Å². The van der Waals surface area contributed by atoms with E-state index in [1.165, 1.54) is 18.2 Å². The van der Waals surface area contributed by atoms with E-state index < -0.39 is 17.3 Å². The van der Waals surface area contributed by atoms with E-state index in [0.717, 1.165) is 17.9 Å². The zero-order valence-corrected chi connectivity index (χ0v) is 11.6. The van der Waals surface area contributed by atoms with Crippen LogP contribution in [-0.4, -0.2) is 28.0 Å². The van der Waals surface area contributed by atoms with Gasteiger partial charge in [-0.15, -0.1) is 0 Å². The van der Waals surface area contributed by atoms with Crippen molar-refractivity contribution in [1.29, 1.82) is 0 Å².